The lowest BCUT2D eigenvalue weighted by Gasteiger charge is -2.21. The van der Waals surface area contributed by atoms with E-state index in [1.165, 1.54) is 0 Å². The molecule has 1 aromatic rings. The fourth-order valence-electron chi connectivity index (χ4n) is 1.35. The second-order valence-corrected chi connectivity index (χ2v) is 4.92. The maximum absolute atomic E-state index is 11.5. The molecule has 0 aliphatic rings. The first kappa shape index (κ1) is 12.8. The molecule has 0 aliphatic heterocycles. The van der Waals surface area contributed by atoms with Crippen LogP contribution in [-0.2, 0) is 4.79 Å². The Morgan fingerprint density at radius 1 is 1.50 bits per heavy atom. The molecule has 0 aromatic carbocycles. The summed E-state index contributed by atoms with van der Waals surface area (Å²) < 4.78 is 5.23. The van der Waals surface area contributed by atoms with Crippen LogP contribution in [0.2, 0.25) is 0 Å². The number of carbonyl (C=O) groups excluding carboxylic acids is 1. The first-order valence-corrected chi connectivity index (χ1v) is 5.46. The van der Waals surface area contributed by atoms with E-state index in [0.29, 0.717) is 6.54 Å². The molecule has 0 aliphatic carbocycles. The zero-order chi connectivity index (χ0) is 12.2. The van der Waals surface area contributed by atoms with Crippen LogP contribution in [-0.4, -0.2) is 18.0 Å². The van der Waals surface area contributed by atoms with E-state index < -0.39 is 0 Å². The van der Waals surface area contributed by atoms with Crippen molar-refractivity contribution in [3.63, 3.8) is 0 Å². The van der Waals surface area contributed by atoms with Gasteiger partial charge in [0.05, 0.1) is 18.8 Å². The molecule has 0 radical (unpaired) electrons. The minimum atomic E-state index is -0.188. The first-order valence-electron chi connectivity index (χ1n) is 5.46. The van der Waals surface area contributed by atoms with Gasteiger partial charge < -0.3 is 9.73 Å². The van der Waals surface area contributed by atoms with Gasteiger partial charge in [-0.2, -0.15) is 0 Å². The normalized spacial score (nSPS) is 13.5. The molecule has 16 heavy (non-hydrogen) atoms. The second kappa shape index (κ2) is 5.16. The van der Waals surface area contributed by atoms with E-state index in [-0.39, 0.29) is 17.5 Å². The maximum atomic E-state index is 11.5. The fraction of sp³-hybridized carbons (Fsp3) is 0.583. The van der Waals surface area contributed by atoms with Crippen LogP contribution in [0.15, 0.2) is 22.8 Å². The first-order chi connectivity index (χ1) is 7.38. The zero-order valence-electron chi connectivity index (χ0n) is 10.3. The highest BCUT2D eigenvalue weighted by Crippen LogP contribution is 2.11. The summed E-state index contributed by atoms with van der Waals surface area (Å²) >= 11 is 0. The molecule has 0 spiro atoms. The number of amides is 1. The van der Waals surface area contributed by atoms with Crippen molar-refractivity contribution < 1.29 is 9.21 Å². The summed E-state index contributed by atoms with van der Waals surface area (Å²) in [6.07, 6.45) is 1.63. The van der Waals surface area contributed by atoms with Crippen LogP contribution >= 0.6 is 0 Å². The molecular weight excluding hydrogens is 204 g/mol. The Morgan fingerprint density at radius 2 is 2.19 bits per heavy atom. The van der Waals surface area contributed by atoms with Crippen LogP contribution in [0.1, 0.15) is 39.5 Å². The van der Waals surface area contributed by atoms with Gasteiger partial charge in [-0.25, -0.2) is 0 Å². The smallest absolute Gasteiger partial charge is 0.234 e. The van der Waals surface area contributed by atoms with Crippen LogP contribution in [0.3, 0.4) is 0 Å². The quantitative estimate of drug-likeness (QED) is 0.820. The molecule has 1 amide bonds. The lowest BCUT2D eigenvalue weighted by Crippen LogP contribution is -2.45. The lowest BCUT2D eigenvalue weighted by atomic mass is 10.1. The number of rotatable bonds is 4. The van der Waals surface area contributed by atoms with Gasteiger partial charge in [0.2, 0.25) is 5.91 Å². The van der Waals surface area contributed by atoms with E-state index in [2.05, 4.69) is 10.6 Å². The minimum Gasteiger partial charge on any atom is -0.468 e. The van der Waals surface area contributed by atoms with E-state index >= 15 is 0 Å². The molecule has 4 heteroatoms. The van der Waals surface area contributed by atoms with Crippen molar-refractivity contribution in [2.24, 2.45) is 0 Å². The van der Waals surface area contributed by atoms with E-state index in [4.69, 9.17) is 4.42 Å². The van der Waals surface area contributed by atoms with Crippen molar-refractivity contribution in [3.8, 4) is 0 Å². The predicted octanol–water partition coefficient (Wildman–Crippen LogP) is 1.84. The highest BCUT2D eigenvalue weighted by Gasteiger charge is 2.15. The molecule has 0 unspecified atom stereocenters. The molecule has 1 rings (SSSR count). The Morgan fingerprint density at radius 3 is 2.69 bits per heavy atom. The van der Waals surface area contributed by atoms with Gasteiger partial charge in [-0.3, -0.25) is 10.1 Å². The molecule has 90 valence electrons. The van der Waals surface area contributed by atoms with E-state index in [1.807, 2.05) is 39.8 Å². The standard InChI is InChI=1S/C12H20N2O2/c1-9(10-6-5-7-16-10)13-8-11(15)14-12(2,3)4/h5-7,9,13H,8H2,1-4H3,(H,14,15)/t9-/m1/s1. The molecule has 0 saturated heterocycles. The number of hydrogen-bond donors (Lipinski definition) is 2. The Bertz CT molecular complexity index is 325. The molecule has 1 aromatic heterocycles. The van der Waals surface area contributed by atoms with Gasteiger partial charge in [0, 0.05) is 5.54 Å². The Balaban J connectivity index is 2.32. The third-order valence-corrected chi connectivity index (χ3v) is 2.05. The molecule has 1 heterocycles. The topological polar surface area (TPSA) is 54.3 Å². The van der Waals surface area contributed by atoms with Crippen molar-refractivity contribution in [2.45, 2.75) is 39.3 Å². The van der Waals surface area contributed by atoms with Crippen molar-refractivity contribution >= 4 is 5.91 Å². The molecule has 0 fully saturated rings. The molecule has 0 bridgehead atoms. The average Bonchev–Trinajstić information content (AvgIpc) is 2.64. The second-order valence-electron chi connectivity index (χ2n) is 4.92. The molecule has 4 nitrogen and oxygen atoms in total. The number of nitrogens with one attached hydrogen (secondary N) is 2. The third kappa shape index (κ3) is 4.49. The summed E-state index contributed by atoms with van der Waals surface area (Å²) in [5, 5.41) is 5.99. The molecule has 1 atom stereocenters. The SMILES string of the molecule is C[C@@H](NCC(=O)NC(C)(C)C)c1ccco1. The summed E-state index contributed by atoms with van der Waals surface area (Å²) in [4.78, 5) is 11.5. The number of carbonyl (C=O) groups is 1. The Kier molecular flexibility index (Phi) is 4.12. The summed E-state index contributed by atoms with van der Waals surface area (Å²) in [7, 11) is 0. The highest BCUT2D eigenvalue weighted by molar-refractivity contribution is 5.78. The summed E-state index contributed by atoms with van der Waals surface area (Å²) in [5.41, 5.74) is -0.188. The van der Waals surface area contributed by atoms with Crippen molar-refractivity contribution in [1.82, 2.24) is 10.6 Å². The predicted molar refractivity (Wildman–Crippen MR) is 63.0 cm³/mol. The van der Waals surface area contributed by atoms with Crippen LogP contribution in [0.4, 0.5) is 0 Å². The summed E-state index contributed by atoms with van der Waals surface area (Å²) in [6, 6.07) is 3.77. The van der Waals surface area contributed by atoms with Crippen molar-refractivity contribution in [3.05, 3.63) is 24.2 Å². The Hall–Kier alpha value is -1.29. The number of furan rings is 1. The average molecular weight is 224 g/mol. The van der Waals surface area contributed by atoms with E-state index in [1.54, 1.807) is 6.26 Å². The fourth-order valence-corrected chi connectivity index (χ4v) is 1.35. The van der Waals surface area contributed by atoms with Gasteiger partial charge in [0.15, 0.2) is 0 Å². The summed E-state index contributed by atoms with van der Waals surface area (Å²) in [5.74, 6) is 0.828. The Labute approximate surface area is 96.4 Å². The minimum absolute atomic E-state index is 0.00842. The monoisotopic (exact) mass is 224 g/mol. The van der Waals surface area contributed by atoms with Crippen LogP contribution in [0.5, 0.6) is 0 Å². The molecular formula is C12H20N2O2. The van der Waals surface area contributed by atoms with Crippen molar-refractivity contribution in [1.29, 1.82) is 0 Å². The highest BCUT2D eigenvalue weighted by atomic mass is 16.3. The van der Waals surface area contributed by atoms with Crippen LogP contribution < -0.4 is 10.6 Å². The largest absolute Gasteiger partial charge is 0.468 e. The van der Waals surface area contributed by atoms with Gasteiger partial charge in [-0.1, -0.05) is 0 Å². The van der Waals surface area contributed by atoms with Crippen molar-refractivity contribution in [2.75, 3.05) is 6.54 Å². The van der Waals surface area contributed by atoms with Gasteiger partial charge in [0.1, 0.15) is 5.76 Å². The molecule has 2 N–H and O–H groups in total. The third-order valence-electron chi connectivity index (χ3n) is 2.05. The van der Waals surface area contributed by atoms with Gasteiger partial charge in [0.25, 0.3) is 0 Å². The van der Waals surface area contributed by atoms with Gasteiger partial charge in [-0.15, -0.1) is 0 Å². The molecule has 0 saturated carbocycles. The lowest BCUT2D eigenvalue weighted by molar-refractivity contribution is -0.121. The maximum Gasteiger partial charge on any atom is 0.234 e. The van der Waals surface area contributed by atoms with Gasteiger partial charge >= 0.3 is 0 Å². The van der Waals surface area contributed by atoms with E-state index in [0.717, 1.165) is 5.76 Å². The van der Waals surface area contributed by atoms with Crippen LogP contribution in [0.25, 0.3) is 0 Å². The summed E-state index contributed by atoms with van der Waals surface area (Å²) in [6.45, 7) is 8.13. The van der Waals surface area contributed by atoms with Crippen LogP contribution in [0, 0.1) is 0 Å². The van der Waals surface area contributed by atoms with E-state index in [9.17, 15) is 4.79 Å². The zero-order valence-corrected chi connectivity index (χ0v) is 10.3. The van der Waals surface area contributed by atoms with Gasteiger partial charge in [-0.05, 0) is 39.8 Å². The number of hydrogen-bond acceptors (Lipinski definition) is 3.